The molecule has 0 aliphatic carbocycles. The number of aliphatic imine (C=N–C) groups is 1. The van der Waals surface area contributed by atoms with Crippen LogP contribution in [0.25, 0.3) is 0 Å². The number of guanidine groups is 1. The van der Waals surface area contributed by atoms with Crippen LogP contribution in [0.1, 0.15) is 43.0 Å². The molecule has 1 aliphatic rings. The number of likely N-dealkylation sites (tertiary alicyclic amines) is 1. The zero-order chi connectivity index (χ0) is 21.0. The van der Waals surface area contributed by atoms with E-state index in [1.165, 1.54) is 19.3 Å². The van der Waals surface area contributed by atoms with E-state index in [0.29, 0.717) is 32.0 Å². The fourth-order valence-electron chi connectivity index (χ4n) is 3.71. The number of nitrogens with zero attached hydrogens (tertiary/aromatic N) is 2. The Kier molecular flexibility index (Phi) is 8.78. The molecule has 1 atom stereocenters. The Hall–Kier alpha value is -2.80. The van der Waals surface area contributed by atoms with E-state index in [9.17, 15) is 4.79 Å². The second kappa shape index (κ2) is 12.0. The van der Waals surface area contributed by atoms with Crippen molar-refractivity contribution in [3.63, 3.8) is 0 Å². The maximum absolute atomic E-state index is 12.1. The van der Waals surface area contributed by atoms with Crippen LogP contribution in [0.15, 0.2) is 58.1 Å². The SMILES string of the molecule is CN=C(NCCC(=O)NCc1ccccc1)NCC(c1ccco1)N1CCCCC1. The van der Waals surface area contributed by atoms with Gasteiger partial charge in [0.1, 0.15) is 5.76 Å². The smallest absolute Gasteiger partial charge is 0.222 e. The number of hydrogen-bond acceptors (Lipinski definition) is 4. The first kappa shape index (κ1) is 21.9. The monoisotopic (exact) mass is 411 g/mol. The average Bonchev–Trinajstić information content (AvgIpc) is 3.32. The van der Waals surface area contributed by atoms with Gasteiger partial charge in [-0.2, -0.15) is 0 Å². The van der Waals surface area contributed by atoms with Crippen LogP contribution in [-0.4, -0.2) is 50.0 Å². The van der Waals surface area contributed by atoms with Crippen LogP contribution in [0.5, 0.6) is 0 Å². The lowest BCUT2D eigenvalue weighted by Crippen LogP contribution is -2.45. The van der Waals surface area contributed by atoms with Crippen molar-refractivity contribution in [3.8, 4) is 0 Å². The van der Waals surface area contributed by atoms with Gasteiger partial charge < -0.3 is 20.4 Å². The molecular formula is C23H33N5O2. The molecule has 1 fully saturated rings. The summed E-state index contributed by atoms with van der Waals surface area (Å²) in [7, 11) is 1.74. The lowest BCUT2D eigenvalue weighted by atomic mass is 10.1. The zero-order valence-corrected chi connectivity index (χ0v) is 17.8. The molecule has 1 aromatic heterocycles. The first-order valence-electron chi connectivity index (χ1n) is 10.8. The molecule has 0 spiro atoms. The van der Waals surface area contributed by atoms with E-state index in [0.717, 1.165) is 24.4 Å². The third kappa shape index (κ3) is 6.91. The van der Waals surface area contributed by atoms with Gasteiger partial charge in [-0.05, 0) is 43.6 Å². The van der Waals surface area contributed by atoms with E-state index >= 15 is 0 Å². The van der Waals surface area contributed by atoms with Crippen LogP contribution in [0.2, 0.25) is 0 Å². The van der Waals surface area contributed by atoms with Crippen molar-refractivity contribution >= 4 is 11.9 Å². The lowest BCUT2D eigenvalue weighted by molar-refractivity contribution is -0.121. The quantitative estimate of drug-likeness (QED) is 0.437. The van der Waals surface area contributed by atoms with Crippen LogP contribution >= 0.6 is 0 Å². The molecule has 1 saturated heterocycles. The van der Waals surface area contributed by atoms with Crippen LogP contribution in [0, 0.1) is 0 Å². The van der Waals surface area contributed by atoms with Crippen molar-refractivity contribution in [1.29, 1.82) is 0 Å². The van der Waals surface area contributed by atoms with Gasteiger partial charge in [-0.3, -0.25) is 14.7 Å². The van der Waals surface area contributed by atoms with Gasteiger partial charge in [0, 0.05) is 33.1 Å². The summed E-state index contributed by atoms with van der Waals surface area (Å²) in [6.07, 6.45) is 5.86. The number of hydrogen-bond donors (Lipinski definition) is 3. The minimum absolute atomic E-state index is 0.0172. The molecule has 0 bridgehead atoms. The fourth-order valence-corrected chi connectivity index (χ4v) is 3.71. The number of carbonyl (C=O) groups is 1. The maximum atomic E-state index is 12.1. The van der Waals surface area contributed by atoms with Crippen LogP contribution in [-0.2, 0) is 11.3 Å². The Morgan fingerprint density at radius 1 is 1.07 bits per heavy atom. The summed E-state index contributed by atoms with van der Waals surface area (Å²) in [5, 5.41) is 9.57. The van der Waals surface area contributed by atoms with E-state index in [1.807, 2.05) is 42.5 Å². The Morgan fingerprint density at radius 3 is 2.57 bits per heavy atom. The normalized spacial score (nSPS) is 16.1. The molecule has 3 N–H and O–H groups in total. The Bertz CT molecular complexity index is 770. The van der Waals surface area contributed by atoms with E-state index < -0.39 is 0 Å². The van der Waals surface area contributed by atoms with E-state index in [1.54, 1.807) is 13.3 Å². The number of carbonyl (C=O) groups excluding carboxylic acids is 1. The molecule has 0 saturated carbocycles. The summed E-state index contributed by atoms with van der Waals surface area (Å²) >= 11 is 0. The molecule has 30 heavy (non-hydrogen) atoms. The van der Waals surface area contributed by atoms with E-state index in [2.05, 4.69) is 25.8 Å². The summed E-state index contributed by atoms with van der Waals surface area (Å²) in [6, 6.07) is 14.1. The lowest BCUT2D eigenvalue weighted by Gasteiger charge is -2.33. The van der Waals surface area contributed by atoms with Gasteiger partial charge in [-0.15, -0.1) is 0 Å². The Morgan fingerprint density at radius 2 is 1.87 bits per heavy atom. The third-order valence-corrected chi connectivity index (χ3v) is 5.37. The minimum atomic E-state index is 0.0172. The molecule has 2 aromatic rings. The van der Waals surface area contributed by atoms with Crippen LogP contribution in [0.3, 0.4) is 0 Å². The van der Waals surface area contributed by atoms with Gasteiger partial charge in [0.15, 0.2) is 5.96 Å². The van der Waals surface area contributed by atoms with Crippen molar-refractivity contribution in [2.45, 2.75) is 38.3 Å². The second-order valence-corrected chi connectivity index (χ2v) is 7.52. The zero-order valence-electron chi connectivity index (χ0n) is 17.8. The average molecular weight is 412 g/mol. The number of benzene rings is 1. The molecule has 2 heterocycles. The first-order chi connectivity index (χ1) is 14.8. The summed E-state index contributed by atoms with van der Waals surface area (Å²) in [5.74, 6) is 1.68. The highest BCUT2D eigenvalue weighted by Gasteiger charge is 2.24. The number of piperidine rings is 1. The minimum Gasteiger partial charge on any atom is -0.468 e. The molecule has 7 nitrogen and oxygen atoms in total. The highest BCUT2D eigenvalue weighted by Crippen LogP contribution is 2.24. The van der Waals surface area contributed by atoms with Crippen LogP contribution < -0.4 is 16.0 Å². The van der Waals surface area contributed by atoms with Gasteiger partial charge in [0.25, 0.3) is 0 Å². The number of amides is 1. The fraction of sp³-hybridized carbons (Fsp3) is 0.478. The molecule has 1 aromatic carbocycles. The van der Waals surface area contributed by atoms with Gasteiger partial charge in [0.05, 0.1) is 12.3 Å². The molecule has 0 radical (unpaired) electrons. The van der Waals surface area contributed by atoms with Gasteiger partial charge in [0.2, 0.25) is 5.91 Å². The second-order valence-electron chi connectivity index (χ2n) is 7.52. The molecule has 162 valence electrons. The Balaban J connectivity index is 1.41. The summed E-state index contributed by atoms with van der Waals surface area (Å²) in [6.45, 7) is 3.94. The summed E-state index contributed by atoms with van der Waals surface area (Å²) in [4.78, 5) is 18.8. The predicted octanol–water partition coefficient (Wildman–Crippen LogP) is 2.68. The molecule has 1 amide bonds. The summed E-state index contributed by atoms with van der Waals surface area (Å²) < 4.78 is 5.70. The predicted molar refractivity (Wildman–Crippen MR) is 119 cm³/mol. The molecule has 3 rings (SSSR count). The topological polar surface area (TPSA) is 81.9 Å². The standard InChI is InChI=1S/C23H33N5O2/c1-24-23(25-13-12-22(29)26-17-19-9-4-2-5-10-19)27-18-20(21-11-8-16-30-21)28-14-6-3-7-15-28/h2,4-5,8-11,16,20H,3,6-7,12-15,17-18H2,1H3,(H,26,29)(H2,24,25,27). The number of furan rings is 1. The van der Waals surface area contributed by atoms with E-state index in [-0.39, 0.29) is 11.9 Å². The highest BCUT2D eigenvalue weighted by molar-refractivity contribution is 5.81. The van der Waals surface area contributed by atoms with Gasteiger partial charge in [-0.1, -0.05) is 36.8 Å². The summed E-state index contributed by atoms with van der Waals surface area (Å²) in [5.41, 5.74) is 1.10. The van der Waals surface area contributed by atoms with Crippen LogP contribution in [0.4, 0.5) is 0 Å². The first-order valence-corrected chi connectivity index (χ1v) is 10.8. The van der Waals surface area contributed by atoms with Crippen molar-refractivity contribution in [2.75, 3.05) is 33.2 Å². The highest BCUT2D eigenvalue weighted by atomic mass is 16.3. The molecule has 1 aliphatic heterocycles. The number of nitrogens with one attached hydrogen (secondary N) is 3. The third-order valence-electron chi connectivity index (χ3n) is 5.37. The molecule has 7 heteroatoms. The van der Waals surface area contributed by atoms with Gasteiger partial charge in [-0.25, -0.2) is 0 Å². The molecule has 1 unspecified atom stereocenters. The van der Waals surface area contributed by atoms with Crippen molar-refractivity contribution in [3.05, 3.63) is 60.1 Å². The molecular weight excluding hydrogens is 378 g/mol. The van der Waals surface area contributed by atoms with E-state index in [4.69, 9.17) is 4.42 Å². The Labute approximate surface area is 178 Å². The van der Waals surface area contributed by atoms with Crippen molar-refractivity contribution in [1.82, 2.24) is 20.9 Å². The van der Waals surface area contributed by atoms with Crippen molar-refractivity contribution < 1.29 is 9.21 Å². The van der Waals surface area contributed by atoms with Gasteiger partial charge >= 0.3 is 0 Å². The maximum Gasteiger partial charge on any atom is 0.222 e. The largest absolute Gasteiger partial charge is 0.468 e. The van der Waals surface area contributed by atoms with Crippen molar-refractivity contribution in [2.24, 2.45) is 4.99 Å². The number of rotatable bonds is 9.